The van der Waals surface area contributed by atoms with Gasteiger partial charge in [-0.05, 0) is 37.1 Å². The molecule has 0 atom stereocenters. The van der Waals surface area contributed by atoms with Gasteiger partial charge in [0.2, 0.25) is 5.91 Å². The van der Waals surface area contributed by atoms with E-state index in [0.29, 0.717) is 11.5 Å². The van der Waals surface area contributed by atoms with Crippen LogP contribution >= 0.6 is 0 Å². The van der Waals surface area contributed by atoms with E-state index < -0.39 is 0 Å². The zero-order chi connectivity index (χ0) is 24.8. The van der Waals surface area contributed by atoms with E-state index in [2.05, 4.69) is 41.3 Å². The van der Waals surface area contributed by atoms with Crippen molar-refractivity contribution in [2.45, 2.75) is 19.3 Å². The molecule has 0 saturated heterocycles. The van der Waals surface area contributed by atoms with Crippen LogP contribution in [0.25, 0.3) is 55.8 Å². The van der Waals surface area contributed by atoms with Gasteiger partial charge in [0.15, 0.2) is 0 Å². The van der Waals surface area contributed by atoms with Crippen LogP contribution in [0, 0.1) is 5.92 Å². The topological polar surface area (TPSA) is 125 Å². The second kappa shape index (κ2) is 8.63. The predicted octanol–water partition coefficient (Wildman–Crippen LogP) is 5.36. The molecule has 0 aromatic carbocycles. The Morgan fingerprint density at radius 1 is 0.946 bits per heavy atom. The predicted molar refractivity (Wildman–Crippen MR) is 141 cm³/mol. The molecule has 9 nitrogen and oxygen atoms in total. The van der Waals surface area contributed by atoms with Crippen molar-refractivity contribution in [1.82, 2.24) is 34.9 Å². The number of anilines is 1. The Morgan fingerprint density at radius 2 is 1.84 bits per heavy atom. The number of nitrogens with one attached hydrogen (secondary N) is 3. The summed E-state index contributed by atoms with van der Waals surface area (Å²) in [5, 5.41) is 3.93. The Bertz CT molecular complexity index is 1770. The van der Waals surface area contributed by atoms with Crippen molar-refractivity contribution in [2.75, 3.05) is 5.32 Å². The van der Waals surface area contributed by atoms with Gasteiger partial charge in [-0.2, -0.15) is 0 Å². The zero-order valence-corrected chi connectivity index (χ0v) is 19.8. The summed E-state index contributed by atoms with van der Waals surface area (Å²) in [4.78, 5) is 41.8. The normalized spacial score (nSPS) is 13.6. The zero-order valence-electron chi connectivity index (χ0n) is 19.8. The van der Waals surface area contributed by atoms with Gasteiger partial charge in [-0.15, -0.1) is 0 Å². The van der Waals surface area contributed by atoms with Crippen molar-refractivity contribution in [3.8, 4) is 33.8 Å². The molecule has 1 saturated carbocycles. The third kappa shape index (κ3) is 3.81. The van der Waals surface area contributed by atoms with Gasteiger partial charge in [0.1, 0.15) is 17.0 Å². The molecular formula is C28H22N8O. The fraction of sp³-hybridized carbons (Fsp3) is 0.143. The van der Waals surface area contributed by atoms with Gasteiger partial charge in [0, 0.05) is 64.5 Å². The third-order valence-corrected chi connectivity index (χ3v) is 6.94. The molecule has 6 aromatic rings. The molecule has 0 bridgehead atoms. The van der Waals surface area contributed by atoms with Crippen LogP contribution in [0.2, 0.25) is 0 Å². The van der Waals surface area contributed by atoms with E-state index in [1.807, 2.05) is 30.5 Å². The molecule has 7 rings (SSSR count). The number of carbonyl (C=O) groups excluding carboxylic acids is 1. The summed E-state index contributed by atoms with van der Waals surface area (Å²) in [6.07, 6.45) is 15.5. The van der Waals surface area contributed by atoms with Crippen LogP contribution in [0.3, 0.4) is 0 Å². The van der Waals surface area contributed by atoms with Crippen molar-refractivity contribution in [3.63, 3.8) is 0 Å². The summed E-state index contributed by atoms with van der Waals surface area (Å²) in [5.41, 5.74) is 7.43. The molecule has 0 spiro atoms. The lowest BCUT2D eigenvalue weighted by Gasteiger charge is -2.24. The highest BCUT2D eigenvalue weighted by Gasteiger charge is 2.25. The van der Waals surface area contributed by atoms with E-state index >= 15 is 0 Å². The number of fused-ring (bicyclic) bond motifs is 2. The van der Waals surface area contributed by atoms with Crippen molar-refractivity contribution >= 4 is 33.7 Å². The Morgan fingerprint density at radius 3 is 2.68 bits per heavy atom. The first kappa shape index (κ1) is 21.4. The monoisotopic (exact) mass is 486 g/mol. The minimum absolute atomic E-state index is 0.0659. The van der Waals surface area contributed by atoms with Crippen LogP contribution in [0.5, 0.6) is 0 Å². The molecule has 1 aliphatic carbocycles. The van der Waals surface area contributed by atoms with Crippen LogP contribution in [0.1, 0.15) is 19.3 Å². The smallest absolute Gasteiger partial charge is 0.227 e. The number of hydrogen-bond acceptors (Lipinski definition) is 6. The minimum atomic E-state index is 0.0659. The highest BCUT2D eigenvalue weighted by molar-refractivity contribution is 5.98. The van der Waals surface area contributed by atoms with Gasteiger partial charge < -0.3 is 15.3 Å². The van der Waals surface area contributed by atoms with Gasteiger partial charge in [-0.25, -0.2) is 9.97 Å². The number of pyridine rings is 4. The van der Waals surface area contributed by atoms with Gasteiger partial charge in [0.25, 0.3) is 0 Å². The maximum atomic E-state index is 12.4. The maximum Gasteiger partial charge on any atom is 0.227 e. The molecule has 1 amide bonds. The summed E-state index contributed by atoms with van der Waals surface area (Å²) in [6.45, 7) is 0. The van der Waals surface area contributed by atoms with E-state index in [9.17, 15) is 4.79 Å². The number of aromatic nitrogens is 7. The minimum Gasteiger partial charge on any atom is -0.345 e. The number of imidazole rings is 1. The second-order valence-corrected chi connectivity index (χ2v) is 9.29. The molecule has 180 valence electrons. The molecule has 6 heterocycles. The SMILES string of the molecule is O=C(Nc1cncc(-c2cnc3[nH]cc(-c4nc5c(-c6ccccn6)cncc5[nH]4)c3c2)c1)C1CCC1. The first-order valence-corrected chi connectivity index (χ1v) is 12.2. The molecule has 9 heteroatoms. The lowest BCUT2D eigenvalue weighted by atomic mass is 9.85. The van der Waals surface area contributed by atoms with Gasteiger partial charge >= 0.3 is 0 Å². The van der Waals surface area contributed by atoms with Gasteiger partial charge in [-0.1, -0.05) is 12.5 Å². The number of amides is 1. The maximum absolute atomic E-state index is 12.4. The van der Waals surface area contributed by atoms with Crippen LogP contribution in [0.4, 0.5) is 5.69 Å². The van der Waals surface area contributed by atoms with Crippen LogP contribution in [-0.4, -0.2) is 40.8 Å². The molecule has 0 aliphatic heterocycles. The lowest BCUT2D eigenvalue weighted by molar-refractivity contribution is -0.122. The molecule has 1 fully saturated rings. The van der Waals surface area contributed by atoms with Crippen LogP contribution in [0.15, 0.2) is 73.7 Å². The fourth-order valence-corrected chi connectivity index (χ4v) is 4.71. The number of carbonyl (C=O) groups is 1. The average molecular weight is 487 g/mol. The van der Waals surface area contributed by atoms with Crippen molar-refractivity contribution in [1.29, 1.82) is 0 Å². The molecular weight excluding hydrogens is 464 g/mol. The Kier molecular flexibility index (Phi) is 4.99. The number of nitrogens with zero attached hydrogens (tertiary/aromatic N) is 5. The summed E-state index contributed by atoms with van der Waals surface area (Å²) >= 11 is 0. The highest BCUT2D eigenvalue weighted by atomic mass is 16.1. The summed E-state index contributed by atoms with van der Waals surface area (Å²) in [7, 11) is 0. The lowest BCUT2D eigenvalue weighted by Crippen LogP contribution is -2.28. The second-order valence-electron chi connectivity index (χ2n) is 9.29. The number of H-pyrrole nitrogens is 2. The number of rotatable bonds is 5. The molecule has 0 radical (unpaired) electrons. The standard InChI is InChI=1S/C28H22N8O/c37-28(16-4-3-5-16)34-19-8-17(10-29-12-19)18-9-20-21(14-33-26(20)32-11-18)27-35-24-15-30-13-22(25(24)36-27)23-6-1-2-7-31-23/h1-2,6-16H,3-5H2,(H,32,33)(H,34,37)(H,35,36). The van der Waals surface area contributed by atoms with E-state index in [0.717, 1.165) is 69.3 Å². The Balaban J connectivity index is 1.26. The van der Waals surface area contributed by atoms with Crippen molar-refractivity contribution in [2.24, 2.45) is 5.92 Å². The number of aromatic amines is 2. The van der Waals surface area contributed by atoms with Crippen LogP contribution in [-0.2, 0) is 4.79 Å². The quantitative estimate of drug-likeness (QED) is 0.301. The molecule has 0 unspecified atom stereocenters. The van der Waals surface area contributed by atoms with E-state index in [1.165, 1.54) is 0 Å². The first-order chi connectivity index (χ1) is 18.2. The Hall–Kier alpha value is -4.92. The average Bonchev–Trinajstić information content (AvgIpc) is 3.52. The van der Waals surface area contributed by atoms with E-state index in [1.54, 1.807) is 37.2 Å². The first-order valence-electron chi connectivity index (χ1n) is 12.2. The van der Waals surface area contributed by atoms with E-state index in [4.69, 9.17) is 4.98 Å². The van der Waals surface area contributed by atoms with Crippen LogP contribution < -0.4 is 5.32 Å². The highest BCUT2D eigenvalue weighted by Crippen LogP contribution is 2.33. The molecule has 1 aliphatic rings. The third-order valence-electron chi connectivity index (χ3n) is 6.94. The van der Waals surface area contributed by atoms with Crippen molar-refractivity contribution in [3.05, 3.63) is 73.7 Å². The summed E-state index contributed by atoms with van der Waals surface area (Å²) in [6, 6.07) is 9.78. The largest absolute Gasteiger partial charge is 0.345 e. The van der Waals surface area contributed by atoms with Gasteiger partial charge in [-0.3, -0.25) is 19.7 Å². The summed E-state index contributed by atoms with van der Waals surface area (Å²) < 4.78 is 0. The molecule has 6 aromatic heterocycles. The van der Waals surface area contributed by atoms with Crippen molar-refractivity contribution < 1.29 is 4.79 Å². The van der Waals surface area contributed by atoms with Gasteiger partial charge in [0.05, 0.1) is 29.3 Å². The Labute approximate surface area is 211 Å². The van der Waals surface area contributed by atoms with E-state index in [-0.39, 0.29) is 11.8 Å². The molecule has 37 heavy (non-hydrogen) atoms. The number of hydrogen-bond donors (Lipinski definition) is 3. The molecule has 3 N–H and O–H groups in total. The fourth-order valence-electron chi connectivity index (χ4n) is 4.71. The summed E-state index contributed by atoms with van der Waals surface area (Å²) in [5.74, 6) is 0.891.